The van der Waals surface area contributed by atoms with Crippen molar-refractivity contribution in [1.29, 1.82) is 0 Å². The van der Waals surface area contributed by atoms with E-state index in [1.54, 1.807) is 7.11 Å². The van der Waals surface area contributed by atoms with Crippen LogP contribution in [0, 0.1) is 5.92 Å². The molecule has 5 heteroatoms. The van der Waals surface area contributed by atoms with Gasteiger partial charge in [0.2, 0.25) is 11.7 Å². The second kappa shape index (κ2) is 6.29. The molecule has 0 saturated carbocycles. The topological polar surface area (TPSA) is 74.2 Å². The maximum Gasteiger partial charge on any atom is 0.243 e. The molecule has 104 valence electrons. The van der Waals surface area contributed by atoms with E-state index in [2.05, 4.69) is 37.8 Å². The summed E-state index contributed by atoms with van der Waals surface area (Å²) in [7, 11) is 1.68. The van der Waals surface area contributed by atoms with E-state index in [0.717, 1.165) is 19.3 Å². The van der Waals surface area contributed by atoms with Crippen LogP contribution in [0.25, 0.3) is 0 Å². The molecule has 0 aliphatic rings. The Bertz CT molecular complexity index is 353. The predicted molar refractivity (Wildman–Crippen MR) is 70.0 cm³/mol. The van der Waals surface area contributed by atoms with E-state index in [-0.39, 0.29) is 6.04 Å². The Kier molecular flexibility index (Phi) is 5.28. The van der Waals surface area contributed by atoms with E-state index >= 15 is 0 Å². The van der Waals surface area contributed by atoms with Crippen molar-refractivity contribution in [3.63, 3.8) is 0 Å². The Labute approximate surface area is 109 Å². The van der Waals surface area contributed by atoms with Crippen LogP contribution in [0.1, 0.15) is 64.7 Å². The number of methoxy groups -OCH3 is 1. The van der Waals surface area contributed by atoms with Crippen molar-refractivity contribution in [2.45, 2.75) is 58.6 Å². The molecular formula is C13H25N3O2. The number of nitrogens with two attached hydrogens (primary N) is 1. The van der Waals surface area contributed by atoms with E-state index in [9.17, 15) is 0 Å². The lowest BCUT2D eigenvalue weighted by Gasteiger charge is -2.26. The van der Waals surface area contributed by atoms with Crippen LogP contribution < -0.4 is 5.73 Å². The van der Waals surface area contributed by atoms with Gasteiger partial charge in [0.1, 0.15) is 5.60 Å². The first kappa shape index (κ1) is 15.1. The molecule has 0 fully saturated rings. The Hall–Kier alpha value is -0.940. The van der Waals surface area contributed by atoms with Gasteiger partial charge in [-0.3, -0.25) is 0 Å². The normalized spacial score (nSPS) is 15.7. The van der Waals surface area contributed by atoms with Gasteiger partial charge >= 0.3 is 0 Å². The highest BCUT2D eigenvalue weighted by molar-refractivity contribution is 5.03. The van der Waals surface area contributed by atoms with Crippen molar-refractivity contribution < 1.29 is 9.26 Å². The third-order valence-corrected chi connectivity index (χ3v) is 3.92. The zero-order chi connectivity index (χ0) is 13.8. The fourth-order valence-corrected chi connectivity index (χ4v) is 2.00. The van der Waals surface area contributed by atoms with Gasteiger partial charge in [-0.1, -0.05) is 39.3 Å². The fourth-order valence-electron chi connectivity index (χ4n) is 2.00. The molecule has 2 unspecified atom stereocenters. The number of hydrogen-bond donors (Lipinski definition) is 1. The van der Waals surface area contributed by atoms with Crippen LogP contribution in [0.4, 0.5) is 0 Å². The zero-order valence-electron chi connectivity index (χ0n) is 12.1. The summed E-state index contributed by atoms with van der Waals surface area (Å²) in [5.74, 6) is 1.42. The van der Waals surface area contributed by atoms with E-state index in [0.29, 0.717) is 17.6 Å². The van der Waals surface area contributed by atoms with Crippen LogP contribution in [0.5, 0.6) is 0 Å². The summed E-state index contributed by atoms with van der Waals surface area (Å²) in [6.45, 7) is 8.28. The summed E-state index contributed by atoms with van der Waals surface area (Å²) in [4.78, 5) is 4.44. The van der Waals surface area contributed by atoms with Gasteiger partial charge in [0, 0.05) is 7.11 Å². The van der Waals surface area contributed by atoms with Gasteiger partial charge in [-0.15, -0.1) is 0 Å². The molecule has 0 saturated heterocycles. The molecule has 1 heterocycles. The van der Waals surface area contributed by atoms with Crippen molar-refractivity contribution in [1.82, 2.24) is 10.1 Å². The summed E-state index contributed by atoms with van der Waals surface area (Å²) >= 11 is 0. The van der Waals surface area contributed by atoms with Gasteiger partial charge in [-0.05, 0) is 18.8 Å². The van der Waals surface area contributed by atoms with Crippen LogP contribution in [0.2, 0.25) is 0 Å². The maximum absolute atomic E-state index is 6.09. The second-order valence-electron chi connectivity index (χ2n) is 4.77. The van der Waals surface area contributed by atoms with Gasteiger partial charge < -0.3 is 15.0 Å². The quantitative estimate of drug-likeness (QED) is 0.811. The molecule has 18 heavy (non-hydrogen) atoms. The summed E-state index contributed by atoms with van der Waals surface area (Å²) in [6.07, 6.45) is 2.59. The Morgan fingerprint density at radius 1 is 1.33 bits per heavy atom. The molecule has 1 aromatic heterocycles. The Morgan fingerprint density at radius 2 is 1.94 bits per heavy atom. The highest BCUT2D eigenvalue weighted by Gasteiger charge is 2.34. The molecular weight excluding hydrogens is 230 g/mol. The molecule has 5 nitrogen and oxygen atoms in total. The Balaban J connectivity index is 2.98. The molecule has 1 rings (SSSR count). The van der Waals surface area contributed by atoms with Gasteiger partial charge in [0.15, 0.2) is 0 Å². The third kappa shape index (κ3) is 2.72. The van der Waals surface area contributed by atoms with Crippen LogP contribution in [0.3, 0.4) is 0 Å². The molecule has 2 atom stereocenters. The number of nitrogens with zero attached hydrogens (tertiary/aromatic N) is 2. The predicted octanol–water partition coefficient (Wildman–Crippen LogP) is 2.78. The summed E-state index contributed by atoms with van der Waals surface area (Å²) < 4.78 is 10.9. The molecule has 0 radical (unpaired) electrons. The second-order valence-corrected chi connectivity index (χ2v) is 4.77. The lowest BCUT2D eigenvalue weighted by Crippen LogP contribution is -2.28. The zero-order valence-corrected chi connectivity index (χ0v) is 12.1. The highest BCUT2D eigenvalue weighted by Crippen LogP contribution is 2.31. The van der Waals surface area contributed by atoms with Gasteiger partial charge in [-0.25, -0.2) is 0 Å². The van der Waals surface area contributed by atoms with Crippen molar-refractivity contribution in [2.75, 3.05) is 7.11 Å². The van der Waals surface area contributed by atoms with E-state index in [4.69, 9.17) is 15.0 Å². The van der Waals surface area contributed by atoms with Gasteiger partial charge in [-0.2, -0.15) is 4.98 Å². The van der Waals surface area contributed by atoms with Crippen LogP contribution in [-0.2, 0) is 10.3 Å². The minimum atomic E-state index is -0.461. The minimum Gasteiger partial charge on any atom is -0.370 e. The molecule has 0 bridgehead atoms. The third-order valence-electron chi connectivity index (χ3n) is 3.92. The molecule has 0 amide bonds. The number of hydrogen-bond acceptors (Lipinski definition) is 5. The number of aromatic nitrogens is 2. The van der Waals surface area contributed by atoms with Crippen molar-refractivity contribution in [2.24, 2.45) is 11.7 Å². The number of ether oxygens (including phenoxy) is 1. The van der Waals surface area contributed by atoms with Crippen LogP contribution >= 0.6 is 0 Å². The van der Waals surface area contributed by atoms with Gasteiger partial charge in [0.25, 0.3) is 0 Å². The summed E-state index contributed by atoms with van der Waals surface area (Å²) in [5, 5.41) is 4.05. The van der Waals surface area contributed by atoms with E-state index in [1.165, 1.54) is 0 Å². The average molecular weight is 255 g/mol. The smallest absolute Gasteiger partial charge is 0.243 e. The fraction of sp³-hybridized carbons (Fsp3) is 0.846. The maximum atomic E-state index is 6.09. The minimum absolute atomic E-state index is 0.209. The molecule has 2 N–H and O–H groups in total. The molecule has 0 aromatic carbocycles. The molecule has 0 spiro atoms. The standard InChI is InChI=1S/C13H25N3O2/c1-6-9(4)10(14)11-15-12(16-18-11)13(7-2,8-3)17-5/h9-10H,6-8,14H2,1-5H3. The summed E-state index contributed by atoms with van der Waals surface area (Å²) in [5.41, 5.74) is 5.63. The first-order chi connectivity index (χ1) is 8.54. The van der Waals surface area contributed by atoms with E-state index in [1.807, 2.05) is 0 Å². The highest BCUT2D eigenvalue weighted by atomic mass is 16.5. The molecule has 1 aromatic rings. The first-order valence-electron chi connectivity index (χ1n) is 6.69. The van der Waals surface area contributed by atoms with Crippen molar-refractivity contribution in [3.05, 3.63) is 11.7 Å². The van der Waals surface area contributed by atoms with Crippen LogP contribution in [0.15, 0.2) is 4.52 Å². The van der Waals surface area contributed by atoms with Crippen LogP contribution in [-0.4, -0.2) is 17.3 Å². The molecule has 0 aliphatic heterocycles. The van der Waals surface area contributed by atoms with E-state index < -0.39 is 5.60 Å². The monoisotopic (exact) mass is 255 g/mol. The first-order valence-corrected chi connectivity index (χ1v) is 6.69. The van der Waals surface area contributed by atoms with Gasteiger partial charge in [0.05, 0.1) is 6.04 Å². The Morgan fingerprint density at radius 3 is 2.39 bits per heavy atom. The van der Waals surface area contributed by atoms with Crippen molar-refractivity contribution >= 4 is 0 Å². The average Bonchev–Trinajstić information content (AvgIpc) is 2.90. The SMILES string of the molecule is CCC(C)C(N)c1nc(C(CC)(CC)OC)no1. The lowest BCUT2D eigenvalue weighted by atomic mass is 9.96. The lowest BCUT2D eigenvalue weighted by molar-refractivity contribution is -0.0306. The van der Waals surface area contributed by atoms with Crippen molar-refractivity contribution in [3.8, 4) is 0 Å². The molecule has 0 aliphatic carbocycles. The largest absolute Gasteiger partial charge is 0.370 e. The summed E-state index contributed by atoms with van der Waals surface area (Å²) in [6, 6.07) is -0.209. The number of rotatable bonds is 7.